The zero-order valence-electron chi connectivity index (χ0n) is 14.4. The van der Waals surface area contributed by atoms with Gasteiger partial charge in [-0.25, -0.2) is 19.2 Å². The summed E-state index contributed by atoms with van der Waals surface area (Å²) in [5.41, 5.74) is 0.677. The van der Waals surface area contributed by atoms with Crippen molar-refractivity contribution in [3.63, 3.8) is 0 Å². The van der Waals surface area contributed by atoms with E-state index >= 15 is 0 Å². The van der Waals surface area contributed by atoms with Crippen LogP contribution >= 0.6 is 0 Å². The Morgan fingerprint density at radius 2 is 2.04 bits per heavy atom. The predicted octanol–water partition coefficient (Wildman–Crippen LogP) is 2.51. The van der Waals surface area contributed by atoms with Crippen molar-refractivity contribution in [3.05, 3.63) is 48.2 Å². The fourth-order valence-electron chi connectivity index (χ4n) is 2.84. The summed E-state index contributed by atoms with van der Waals surface area (Å²) >= 11 is 0. The molecule has 3 rings (SSSR count). The Hall–Kier alpha value is -2.70. The molecular weight excluding hydrogens is 323 g/mol. The molecule has 0 spiro atoms. The fraction of sp³-hybridized carbons (Fsp3) is 0.389. The van der Waals surface area contributed by atoms with Crippen molar-refractivity contribution in [2.24, 2.45) is 0 Å². The van der Waals surface area contributed by atoms with E-state index in [0.717, 1.165) is 18.9 Å². The van der Waals surface area contributed by atoms with E-state index in [4.69, 9.17) is 4.74 Å². The van der Waals surface area contributed by atoms with Gasteiger partial charge in [-0.1, -0.05) is 0 Å². The first-order valence-electron chi connectivity index (χ1n) is 8.23. The Kier molecular flexibility index (Phi) is 5.11. The molecule has 2 heterocycles. The van der Waals surface area contributed by atoms with E-state index in [0.29, 0.717) is 18.5 Å². The summed E-state index contributed by atoms with van der Waals surface area (Å²) in [6, 6.07) is 6.38. The number of hydrogen-bond acceptors (Lipinski definition) is 6. The van der Waals surface area contributed by atoms with Gasteiger partial charge in [-0.2, -0.15) is 0 Å². The minimum Gasteiger partial charge on any atom is -0.459 e. The van der Waals surface area contributed by atoms with Crippen LogP contribution in [0.4, 0.5) is 15.9 Å². The van der Waals surface area contributed by atoms with Gasteiger partial charge in [0, 0.05) is 51.9 Å². The average Bonchev–Trinajstić information content (AvgIpc) is 2.62. The predicted molar refractivity (Wildman–Crippen MR) is 93.4 cm³/mol. The SMILES string of the molecule is CN(C)c1ccc(C(=O)OC2CCN(c3ccncn3)CC2)c(F)c1. The van der Waals surface area contributed by atoms with Gasteiger partial charge in [-0.3, -0.25) is 0 Å². The number of rotatable bonds is 4. The second-order valence-electron chi connectivity index (χ2n) is 6.22. The van der Waals surface area contributed by atoms with Gasteiger partial charge >= 0.3 is 5.97 Å². The normalized spacial score (nSPS) is 15.1. The summed E-state index contributed by atoms with van der Waals surface area (Å²) in [4.78, 5) is 24.3. The Morgan fingerprint density at radius 1 is 1.28 bits per heavy atom. The van der Waals surface area contributed by atoms with Crippen LogP contribution in [0.3, 0.4) is 0 Å². The van der Waals surface area contributed by atoms with Crippen molar-refractivity contribution in [2.45, 2.75) is 18.9 Å². The standard InChI is InChI=1S/C18H21FN4O2/c1-22(2)13-3-4-15(16(19)11-13)18(24)25-14-6-9-23(10-7-14)17-5-8-20-12-21-17/h3-5,8,11-12,14H,6-7,9-10H2,1-2H3. The van der Waals surface area contributed by atoms with Gasteiger partial charge in [0.05, 0.1) is 5.56 Å². The fourth-order valence-corrected chi connectivity index (χ4v) is 2.84. The molecule has 6 nitrogen and oxygen atoms in total. The highest BCUT2D eigenvalue weighted by Gasteiger charge is 2.24. The second-order valence-corrected chi connectivity index (χ2v) is 6.22. The van der Waals surface area contributed by atoms with E-state index in [1.54, 1.807) is 17.2 Å². The van der Waals surface area contributed by atoms with Crippen molar-refractivity contribution in [3.8, 4) is 0 Å². The van der Waals surface area contributed by atoms with Crippen LogP contribution in [-0.4, -0.2) is 49.2 Å². The lowest BCUT2D eigenvalue weighted by Gasteiger charge is -2.32. The van der Waals surface area contributed by atoms with Gasteiger partial charge in [0.15, 0.2) is 0 Å². The zero-order chi connectivity index (χ0) is 17.8. The molecule has 132 valence electrons. The molecular formula is C18H21FN4O2. The van der Waals surface area contributed by atoms with Crippen molar-refractivity contribution in [1.29, 1.82) is 0 Å². The number of aromatic nitrogens is 2. The highest BCUT2D eigenvalue weighted by atomic mass is 19.1. The third-order valence-corrected chi connectivity index (χ3v) is 4.30. The van der Waals surface area contributed by atoms with E-state index in [9.17, 15) is 9.18 Å². The molecule has 0 atom stereocenters. The summed E-state index contributed by atoms with van der Waals surface area (Å²) in [5, 5.41) is 0. The topological polar surface area (TPSA) is 58.6 Å². The molecule has 0 unspecified atom stereocenters. The van der Waals surface area contributed by atoms with Gasteiger partial charge in [0.2, 0.25) is 0 Å². The number of carbonyl (C=O) groups is 1. The first-order chi connectivity index (χ1) is 12.0. The van der Waals surface area contributed by atoms with E-state index < -0.39 is 11.8 Å². The molecule has 1 fully saturated rings. The number of hydrogen-bond donors (Lipinski definition) is 0. The maximum atomic E-state index is 14.1. The van der Waals surface area contributed by atoms with Gasteiger partial charge in [0.1, 0.15) is 24.1 Å². The van der Waals surface area contributed by atoms with Gasteiger partial charge in [-0.15, -0.1) is 0 Å². The molecule has 0 N–H and O–H groups in total. The zero-order valence-corrected chi connectivity index (χ0v) is 14.4. The molecule has 25 heavy (non-hydrogen) atoms. The molecule has 1 aromatic carbocycles. The summed E-state index contributed by atoms with van der Waals surface area (Å²) < 4.78 is 19.6. The van der Waals surface area contributed by atoms with Crippen molar-refractivity contribution in [1.82, 2.24) is 9.97 Å². The molecule has 2 aromatic rings. The minimum atomic E-state index is -0.608. The molecule has 1 aliphatic rings. The van der Waals surface area contributed by atoms with Crippen molar-refractivity contribution >= 4 is 17.5 Å². The van der Waals surface area contributed by atoms with Crippen molar-refractivity contribution < 1.29 is 13.9 Å². The largest absolute Gasteiger partial charge is 0.459 e. The second kappa shape index (κ2) is 7.46. The number of halogens is 1. The lowest BCUT2D eigenvalue weighted by atomic mass is 10.1. The number of ether oxygens (including phenoxy) is 1. The maximum Gasteiger partial charge on any atom is 0.341 e. The van der Waals surface area contributed by atoms with Crippen LogP contribution in [-0.2, 0) is 4.74 Å². The molecule has 0 bridgehead atoms. The van der Waals surface area contributed by atoms with Crippen LogP contribution in [0.1, 0.15) is 23.2 Å². The highest BCUT2D eigenvalue weighted by Crippen LogP contribution is 2.22. The van der Waals surface area contributed by atoms with Crippen molar-refractivity contribution in [2.75, 3.05) is 37.0 Å². The molecule has 7 heteroatoms. The first-order valence-corrected chi connectivity index (χ1v) is 8.23. The van der Waals surface area contributed by atoms with Crippen LogP contribution in [0.15, 0.2) is 36.8 Å². The molecule has 1 saturated heterocycles. The van der Waals surface area contributed by atoms with E-state index in [2.05, 4.69) is 14.9 Å². The van der Waals surface area contributed by atoms with Crippen LogP contribution in [0.25, 0.3) is 0 Å². The Bertz CT molecular complexity index is 731. The summed E-state index contributed by atoms with van der Waals surface area (Å²) in [6.45, 7) is 1.47. The third-order valence-electron chi connectivity index (χ3n) is 4.30. The van der Waals surface area contributed by atoms with Crippen LogP contribution < -0.4 is 9.80 Å². The molecule has 0 saturated carbocycles. The third kappa shape index (κ3) is 4.04. The van der Waals surface area contributed by atoms with Gasteiger partial charge < -0.3 is 14.5 Å². The van der Waals surface area contributed by atoms with E-state index in [1.165, 1.54) is 18.5 Å². The smallest absolute Gasteiger partial charge is 0.341 e. The number of carbonyl (C=O) groups excluding carboxylic acids is 1. The Balaban J connectivity index is 1.58. The van der Waals surface area contributed by atoms with Crippen LogP contribution in [0.2, 0.25) is 0 Å². The minimum absolute atomic E-state index is 0.0242. The Morgan fingerprint density at radius 3 is 2.64 bits per heavy atom. The number of nitrogens with zero attached hydrogens (tertiary/aromatic N) is 4. The molecule has 0 radical (unpaired) electrons. The van der Waals surface area contributed by atoms with Gasteiger partial charge in [0.25, 0.3) is 0 Å². The molecule has 0 amide bonds. The monoisotopic (exact) mass is 344 g/mol. The average molecular weight is 344 g/mol. The molecule has 0 aliphatic carbocycles. The van der Waals surface area contributed by atoms with Crippen LogP contribution in [0.5, 0.6) is 0 Å². The van der Waals surface area contributed by atoms with Crippen LogP contribution in [0, 0.1) is 5.82 Å². The lowest BCUT2D eigenvalue weighted by Crippen LogP contribution is -2.38. The number of benzene rings is 1. The van der Waals surface area contributed by atoms with E-state index in [-0.39, 0.29) is 11.7 Å². The molecule has 1 aromatic heterocycles. The summed E-state index contributed by atoms with van der Waals surface area (Å²) in [6.07, 6.45) is 4.38. The van der Waals surface area contributed by atoms with E-state index in [1.807, 2.05) is 20.2 Å². The summed E-state index contributed by atoms with van der Waals surface area (Å²) in [7, 11) is 3.64. The Labute approximate surface area is 146 Å². The number of piperidine rings is 1. The number of esters is 1. The lowest BCUT2D eigenvalue weighted by molar-refractivity contribution is 0.0240. The highest BCUT2D eigenvalue weighted by molar-refractivity contribution is 5.90. The number of anilines is 2. The summed E-state index contributed by atoms with van der Waals surface area (Å²) in [5.74, 6) is -0.303. The van der Waals surface area contributed by atoms with Gasteiger partial charge in [-0.05, 0) is 24.3 Å². The quantitative estimate of drug-likeness (QED) is 0.795. The molecule has 1 aliphatic heterocycles. The first kappa shape index (κ1) is 17.1. The maximum absolute atomic E-state index is 14.1.